The van der Waals surface area contributed by atoms with Crippen molar-refractivity contribution in [1.29, 1.82) is 0 Å². The molecule has 0 spiro atoms. The molecule has 218 valence electrons. The average molecular weight is 763 g/mol. The number of hydrazone groups is 1. The molecule has 2 aromatic heterocycles. The molecule has 0 saturated carbocycles. The van der Waals surface area contributed by atoms with Crippen LogP contribution in [0.4, 0.5) is 33.3 Å². The topological polar surface area (TPSA) is 44.6 Å². The number of nitrogens with zero attached hydrogens (tertiary/aromatic N) is 5. The molecule has 0 aliphatic carbocycles. The first kappa shape index (κ1) is 31.5. The Morgan fingerprint density at radius 1 is 0.837 bits per heavy atom. The summed E-state index contributed by atoms with van der Waals surface area (Å²) in [5.41, 5.74) is 2.91. The van der Waals surface area contributed by atoms with Crippen molar-refractivity contribution < 1.29 is 42.1 Å². The van der Waals surface area contributed by atoms with Crippen molar-refractivity contribution in [2.24, 2.45) is 5.10 Å². The molecule has 0 amide bonds. The van der Waals surface area contributed by atoms with Crippen LogP contribution in [0.5, 0.6) is 0 Å². The monoisotopic (exact) mass is 763 g/mol. The second-order valence-corrected chi connectivity index (χ2v) is 9.02. The standard InChI is InChI=1S/C21H14F3N3.C11H7F2N2.Ir/c22-21(23,24)17-11-13-19(14-12-17)27-15-26(18-9-5-2-6-10-18)20(25-27)16-7-3-1-4-8-16;1-7-4-5-14-9(6-7)8-2-3-10(12)15-11(8)13;/h1-13,15H;3-6H,1H3;/q-2;-1;+3. The van der Waals surface area contributed by atoms with Crippen LogP contribution in [0.1, 0.15) is 16.7 Å². The maximum atomic E-state index is 13.2. The molecule has 1 aliphatic rings. The predicted molar refractivity (Wildman–Crippen MR) is 150 cm³/mol. The number of aryl methyl sites for hydroxylation is 1. The van der Waals surface area contributed by atoms with Gasteiger partial charge in [0.1, 0.15) is 17.7 Å². The number of aromatic nitrogens is 2. The summed E-state index contributed by atoms with van der Waals surface area (Å²) in [6.07, 6.45) is -2.83. The van der Waals surface area contributed by atoms with Gasteiger partial charge in [0.25, 0.3) is 0 Å². The van der Waals surface area contributed by atoms with Crippen LogP contribution in [-0.4, -0.2) is 15.8 Å². The molecule has 3 aromatic carbocycles. The number of amidine groups is 1. The second-order valence-electron chi connectivity index (χ2n) is 9.02. The summed E-state index contributed by atoms with van der Waals surface area (Å²) in [7, 11) is 0. The number of halogens is 5. The Bertz CT molecular complexity index is 1680. The molecule has 11 heteroatoms. The molecule has 0 radical (unpaired) electrons. The van der Waals surface area contributed by atoms with Crippen LogP contribution < -0.4 is 9.91 Å². The molecule has 5 aromatic rings. The first-order valence-electron chi connectivity index (χ1n) is 12.6. The number of anilines is 2. The molecule has 0 bridgehead atoms. The van der Waals surface area contributed by atoms with E-state index < -0.39 is 23.6 Å². The average Bonchev–Trinajstić information content (AvgIpc) is 3.44. The van der Waals surface area contributed by atoms with Gasteiger partial charge in [-0.15, -0.1) is 18.8 Å². The van der Waals surface area contributed by atoms with Gasteiger partial charge in [-0.2, -0.15) is 36.5 Å². The van der Waals surface area contributed by atoms with E-state index in [2.05, 4.69) is 27.2 Å². The van der Waals surface area contributed by atoms with Gasteiger partial charge in [-0.1, -0.05) is 83.0 Å². The minimum absolute atomic E-state index is 0. The van der Waals surface area contributed by atoms with Crippen molar-refractivity contribution in [1.82, 2.24) is 9.97 Å². The van der Waals surface area contributed by atoms with Gasteiger partial charge in [-0.3, -0.25) is 4.98 Å². The Morgan fingerprint density at radius 3 is 2.14 bits per heavy atom. The number of pyridine rings is 2. The van der Waals surface area contributed by atoms with Crippen molar-refractivity contribution in [3.8, 4) is 11.3 Å². The maximum Gasteiger partial charge on any atom is 3.00 e. The van der Waals surface area contributed by atoms with E-state index in [1.54, 1.807) is 25.0 Å². The molecule has 6 rings (SSSR count). The van der Waals surface area contributed by atoms with Crippen molar-refractivity contribution in [3.05, 3.63) is 151 Å². The zero-order valence-electron chi connectivity index (χ0n) is 22.4. The van der Waals surface area contributed by atoms with E-state index in [0.29, 0.717) is 17.2 Å². The molecule has 0 unspecified atom stereocenters. The van der Waals surface area contributed by atoms with Gasteiger partial charge in [-0.25, -0.2) is 8.78 Å². The van der Waals surface area contributed by atoms with Crippen LogP contribution in [0.25, 0.3) is 11.3 Å². The van der Waals surface area contributed by atoms with Gasteiger partial charge in [0.05, 0.1) is 0 Å². The summed E-state index contributed by atoms with van der Waals surface area (Å²) in [6.45, 7) is 3.59. The van der Waals surface area contributed by atoms with E-state index in [0.717, 1.165) is 35.0 Å². The fraction of sp³-hybridized carbons (Fsp3) is 0.0625. The number of hydrogen-bond donors (Lipinski definition) is 0. The minimum atomic E-state index is -4.39. The van der Waals surface area contributed by atoms with Crippen LogP contribution in [0.3, 0.4) is 0 Å². The molecular weight excluding hydrogens is 742 g/mol. The summed E-state index contributed by atoms with van der Waals surface area (Å²) in [6, 6.07) is 32.2. The minimum Gasteiger partial charge on any atom is -0.456 e. The first-order valence-corrected chi connectivity index (χ1v) is 12.6. The Balaban J connectivity index is 0.000000225. The number of para-hydroxylation sites is 1. The Labute approximate surface area is 258 Å². The molecule has 0 atom stereocenters. The van der Waals surface area contributed by atoms with E-state index in [-0.39, 0.29) is 25.7 Å². The van der Waals surface area contributed by atoms with E-state index in [1.165, 1.54) is 11.1 Å². The third kappa shape index (κ3) is 7.68. The van der Waals surface area contributed by atoms with Crippen LogP contribution in [0, 0.1) is 37.6 Å². The number of rotatable bonds is 4. The Kier molecular flexibility index (Phi) is 10.0. The van der Waals surface area contributed by atoms with Gasteiger partial charge in [0, 0.05) is 17.4 Å². The van der Waals surface area contributed by atoms with Crippen LogP contribution in [0.2, 0.25) is 0 Å². The summed E-state index contributed by atoms with van der Waals surface area (Å²) >= 11 is 0. The summed E-state index contributed by atoms with van der Waals surface area (Å²) in [5.74, 6) is -1.10. The zero-order valence-corrected chi connectivity index (χ0v) is 24.7. The van der Waals surface area contributed by atoms with Crippen molar-refractivity contribution >= 4 is 17.2 Å². The van der Waals surface area contributed by atoms with Crippen LogP contribution in [0.15, 0.2) is 108 Å². The molecular formula is C32H21F5IrN5. The first-order chi connectivity index (χ1) is 20.2. The fourth-order valence-electron chi connectivity index (χ4n) is 3.98. The Morgan fingerprint density at radius 2 is 1.53 bits per heavy atom. The SMILES string of the molecule is Cc1ccnc(-c2[c-]cc(F)nc2F)c1.FC(F)(F)c1c[c-]c(N2[CH-]N(c3ccccc3)C(c3ccccc3)=N2)cc1.[Ir+3]. The molecule has 43 heavy (non-hydrogen) atoms. The normalized spacial score (nSPS) is 12.7. The smallest absolute Gasteiger partial charge is 0.456 e. The molecule has 5 nitrogen and oxygen atoms in total. The number of hydrogen-bond acceptors (Lipinski definition) is 5. The molecule has 1 aliphatic heterocycles. The van der Waals surface area contributed by atoms with Crippen molar-refractivity contribution in [2.75, 3.05) is 9.91 Å². The summed E-state index contributed by atoms with van der Waals surface area (Å²) in [5, 5.41) is 6.11. The number of alkyl halides is 3. The van der Waals surface area contributed by atoms with E-state index in [1.807, 2.05) is 72.5 Å². The van der Waals surface area contributed by atoms with Gasteiger partial charge in [-0.05, 0) is 30.8 Å². The van der Waals surface area contributed by atoms with Crippen LogP contribution in [-0.2, 0) is 26.3 Å². The Hall–Kier alpha value is -4.47. The summed E-state index contributed by atoms with van der Waals surface area (Å²) in [4.78, 5) is 8.93. The quantitative estimate of drug-likeness (QED) is 0.106. The predicted octanol–water partition coefficient (Wildman–Crippen LogP) is 7.84. The van der Waals surface area contributed by atoms with E-state index in [9.17, 15) is 22.0 Å². The van der Waals surface area contributed by atoms with Crippen molar-refractivity contribution in [3.63, 3.8) is 0 Å². The van der Waals surface area contributed by atoms with Gasteiger partial charge < -0.3 is 14.9 Å². The molecule has 0 fully saturated rings. The molecule has 3 heterocycles. The van der Waals surface area contributed by atoms with Gasteiger partial charge in [0.2, 0.25) is 0 Å². The molecule has 0 N–H and O–H groups in total. The van der Waals surface area contributed by atoms with E-state index in [4.69, 9.17) is 0 Å². The van der Waals surface area contributed by atoms with Crippen LogP contribution >= 0.6 is 0 Å². The van der Waals surface area contributed by atoms with E-state index >= 15 is 0 Å². The largest absolute Gasteiger partial charge is 3.00 e. The second kappa shape index (κ2) is 13.7. The third-order valence-electron chi connectivity index (χ3n) is 6.01. The fourth-order valence-corrected chi connectivity index (χ4v) is 3.98. The maximum absolute atomic E-state index is 13.2. The third-order valence-corrected chi connectivity index (χ3v) is 6.01. The number of benzene rings is 3. The van der Waals surface area contributed by atoms with Crippen molar-refractivity contribution in [2.45, 2.75) is 13.1 Å². The molecule has 0 saturated heterocycles. The van der Waals surface area contributed by atoms with Gasteiger partial charge >= 0.3 is 26.3 Å². The zero-order chi connectivity index (χ0) is 29.7. The summed E-state index contributed by atoms with van der Waals surface area (Å²) < 4.78 is 64.1. The van der Waals surface area contributed by atoms with Gasteiger partial charge in [0.15, 0.2) is 0 Å².